The number of hydrogen-bond donors (Lipinski definition) is 0. The summed E-state index contributed by atoms with van der Waals surface area (Å²) in [7, 11) is 0. The van der Waals surface area contributed by atoms with Gasteiger partial charge < -0.3 is 56.8 Å². The van der Waals surface area contributed by atoms with Crippen LogP contribution in [0.15, 0.2) is 0 Å². The number of ether oxygens (including phenoxy) is 12. The van der Waals surface area contributed by atoms with Gasteiger partial charge in [-0.15, -0.1) is 11.8 Å². The number of hydrogen-bond acceptors (Lipinski definition) is 18. The molecule has 0 aromatic carbocycles. The number of esters is 5. The largest absolute Gasteiger partial charge is 0.463 e. The van der Waals surface area contributed by atoms with Crippen LogP contribution in [0.3, 0.4) is 0 Å². The molecule has 0 amide bonds. The summed E-state index contributed by atoms with van der Waals surface area (Å²) < 4.78 is 70.9. The van der Waals surface area contributed by atoms with E-state index < -0.39 is 108 Å². The van der Waals surface area contributed by atoms with Crippen molar-refractivity contribution in [2.24, 2.45) is 0 Å². The summed E-state index contributed by atoms with van der Waals surface area (Å²) in [5.74, 6) is -3.77. The van der Waals surface area contributed by atoms with Crippen LogP contribution in [0.2, 0.25) is 0 Å². The highest BCUT2D eigenvalue weighted by Gasteiger charge is 2.64. The van der Waals surface area contributed by atoms with Crippen LogP contribution in [-0.2, 0) is 80.8 Å². The van der Waals surface area contributed by atoms with Gasteiger partial charge in [-0.05, 0) is 26.5 Å². The minimum atomic E-state index is -1.41. The lowest BCUT2D eigenvalue weighted by molar-refractivity contribution is -0.338. The predicted octanol–water partition coefficient (Wildman–Crippen LogP) is 1.15. The average molecular weight is 723 g/mol. The first-order valence-corrected chi connectivity index (χ1v) is 17.0. The third kappa shape index (κ3) is 9.61. The molecule has 0 aliphatic carbocycles. The second-order valence-electron chi connectivity index (χ2n) is 12.5. The van der Waals surface area contributed by atoms with E-state index in [0.29, 0.717) is 5.75 Å². The second-order valence-corrected chi connectivity index (χ2v) is 13.9. The first kappa shape index (κ1) is 39.2. The zero-order valence-corrected chi connectivity index (χ0v) is 29.8. The summed E-state index contributed by atoms with van der Waals surface area (Å²) in [6.07, 6.45) is -11.4. The summed E-state index contributed by atoms with van der Waals surface area (Å²) in [5, 5.41) is 0. The fourth-order valence-electron chi connectivity index (χ4n) is 6.27. The molecule has 4 fully saturated rings. The van der Waals surface area contributed by atoms with Gasteiger partial charge in [0, 0.05) is 34.6 Å². The van der Waals surface area contributed by atoms with E-state index in [2.05, 4.69) is 0 Å². The maximum atomic E-state index is 12.5. The Morgan fingerprint density at radius 1 is 0.735 bits per heavy atom. The van der Waals surface area contributed by atoms with Gasteiger partial charge in [-0.2, -0.15) is 0 Å². The summed E-state index contributed by atoms with van der Waals surface area (Å²) in [6.45, 7) is 12.4. The predicted molar refractivity (Wildman–Crippen MR) is 163 cm³/mol. The molecule has 0 spiro atoms. The fraction of sp³-hybridized carbons (Fsp3) is 0.839. The van der Waals surface area contributed by atoms with Gasteiger partial charge in [-0.1, -0.05) is 6.92 Å². The van der Waals surface area contributed by atoms with Crippen molar-refractivity contribution in [2.75, 3.05) is 25.6 Å². The molecule has 0 radical (unpaired) electrons. The molecule has 4 aliphatic heterocycles. The Labute approximate surface area is 288 Å². The number of carbonyl (C=O) groups excluding carboxylic acids is 5. The zero-order chi connectivity index (χ0) is 36.3. The standard InChI is InChI=1S/C31H46O17S/c1-10-49-29-25(44-19(7)36)23(42-17(5)34)21(14(2)40-29)45-27-24(43-18(6)35)22(20(11-37-27)41-16(4)33)46-28-26-31(13-39-28,12-38-15(3)32)48-30(8,9)47-26/h14,20-29H,10-13H2,1-9H3/t14-,20+,21-,22-,23+,24+,25+,26-,27-,28-,29-,31+/m0/s1. The molecule has 4 rings (SSSR count). The van der Waals surface area contributed by atoms with Gasteiger partial charge in [0.25, 0.3) is 0 Å². The molecule has 49 heavy (non-hydrogen) atoms. The Kier molecular flexibility index (Phi) is 12.9. The van der Waals surface area contributed by atoms with Crippen molar-refractivity contribution in [1.29, 1.82) is 0 Å². The van der Waals surface area contributed by atoms with Crippen molar-refractivity contribution in [3.05, 3.63) is 0 Å². The molecule has 0 aromatic heterocycles. The van der Waals surface area contributed by atoms with Gasteiger partial charge in [0.05, 0.1) is 19.3 Å². The normalized spacial score (nSPS) is 38.2. The van der Waals surface area contributed by atoms with Crippen LogP contribution in [0, 0.1) is 0 Å². The zero-order valence-electron chi connectivity index (χ0n) is 29.0. The van der Waals surface area contributed by atoms with Gasteiger partial charge in [0.2, 0.25) is 0 Å². The van der Waals surface area contributed by atoms with E-state index in [-0.39, 0.29) is 19.8 Å². The van der Waals surface area contributed by atoms with Crippen LogP contribution < -0.4 is 0 Å². The number of carbonyl (C=O) groups is 5. The van der Waals surface area contributed by atoms with Crippen molar-refractivity contribution in [3.8, 4) is 0 Å². The van der Waals surface area contributed by atoms with Crippen LogP contribution >= 0.6 is 11.8 Å². The minimum Gasteiger partial charge on any atom is -0.463 e. The van der Waals surface area contributed by atoms with Crippen LogP contribution in [0.1, 0.15) is 62.3 Å². The maximum absolute atomic E-state index is 12.5. The second kappa shape index (κ2) is 16.2. The first-order valence-electron chi connectivity index (χ1n) is 16.0. The van der Waals surface area contributed by atoms with Gasteiger partial charge in [-0.25, -0.2) is 0 Å². The van der Waals surface area contributed by atoms with E-state index >= 15 is 0 Å². The Morgan fingerprint density at radius 2 is 1.33 bits per heavy atom. The summed E-state index contributed by atoms with van der Waals surface area (Å²) >= 11 is 1.35. The molecule has 278 valence electrons. The molecule has 17 nitrogen and oxygen atoms in total. The molecule has 18 heteroatoms. The lowest BCUT2D eigenvalue weighted by atomic mass is 9.98. The topological polar surface area (TPSA) is 196 Å². The highest BCUT2D eigenvalue weighted by atomic mass is 32.2. The van der Waals surface area contributed by atoms with Crippen molar-refractivity contribution in [1.82, 2.24) is 0 Å². The molecule has 4 saturated heterocycles. The Hall–Kier alpha value is -2.58. The molecule has 0 bridgehead atoms. The molecular weight excluding hydrogens is 676 g/mol. The average Bonchev–Trinajstić information content (AvgIpc) is 3.43. The van der Waals surface area contributed by atoms with E-state index in [1.165, 1.54) is 39.5 Å². The lowest BCUT2D eigenvalue weighted by Gasteiger charge is -2.47. The van der Waals surface area contributed by atoms with Gasteiger partial charge in [-0.3, -0.25) is 24.0 Å². The fourth-order valence-corrected chi connectivity index (χ4v) is 7.25. The molecule has 0 aromatic rings. The number of rotatable bonds is 12. The van der Waals surface area contributed by atoms with Crippen LogP contribution in [0.25, 0.3) is 0 Å². The van der Waals surface area contributed by atoms with E-state index in [4.69, 9.17) is 56.8 Å². The quantitative estimate of drug-likeness (QED) is 0.205. The molecule has 0 N–H and O–H groups in total. The molecule has 0 saturated carbocycles. The molecular formula is C31H46O17S. The van der Waals surface area contributed by atoms with Crippen LogP contribution in [-0.4, -0.2) is 134 Å². The Morgan fingerprint density at radius 3 is 1.92 bits per heavy atom. The van der Waals surface area contributed by atoms with Crippen LogP contribution in [0.5, 0.6) is 0 Å². The summed E-state index contributed by atoms with van der Waals surface area (Å²) in [6, 6.07) is 0. The van der Waals surface area contributed by atoms with E-state index in [0.717, 1.165) is 6.92 Å². The molecule has 12 atom stereocenters. The van der Waals surface area contributed by atoms with Gasteiger partial charge in [0.1, 0.15) is 30.4 Å². The van der Waals surface area contributed by atoms with Crippen molar-refractivity contribution >= 4 is 41.6 Å². The van der Waals surface area contributed by atoms with Gasteiger partial charge in [0.15, 0.2) is 48.4 Å². The van der Waals surface area contributed by atoms with Crippen LogP contribution in [0.4, 0.5) is 0 Å². The molecule has 4 heterocycles. The SMILES string of the molecule is CCS[C@@H]1O[C@@H](C)[C@H](O[C@@H]2OC[C@@H](OC(C)=O)[C@H](O[C@@H]3OC[C@@]4(COC(C)=O)OC(C)(C)O[C@@H]34)[C@H]2OC(C)=O)[C@@H](OC(C)=O)[C@H]1OC(C)=O. The smallest absolute Gasteiger partial charge is 0.303 e. The highest BCUT2D eigenvalue weighted by molar-refractivity contribution is 7.99. The highest BCUT2D eigenvalue weighted by Crippen LogP contribution is 2.45. The van der Waals surface area contributed by atoms with Crippen molar-refractivity contribution < 1.29 is 80.8 Å². The Bertz CT molecular complexity index is 1230. The van der Waals surface area contributed by atoms with E-state index in [9.17, 15) is 24.0 Å². The lowest BCUT2D eigenvalue weighted by Crippen LogP contribution is -2.64. The summed E-state index contributed by atoms with van der Waals surface area (Å²) in [5.41, 5.74) is -1.93. The maximum Gasteiger partial charge on any atom is 0.303 e. The van der Waals surface area contributed by atoms with E-state index in [1.807, 2.05) is 6.92 Å². The third-order valence-corrected chi connectivity index (χ3v) is 8.93. The minimum absolute atomic E-state index is 0.0892. The molecule has 4 aliphatic rings. The molecule has 0 unspecified atom stereocenters. The van der Waals surface area contributed by atoms with Crippen molar-refractivity contribution in [2.45, 2.75) is 141 Å². The summed E-state index contributed by atoms with van der Waals surface area (Å²) in [4.78, 5) is 60.8. The number of fused-ring (bicyclic) bond motifs is 1. The van der Waals surface area contributed by atoms with E-state index in [1.54, 1.807) is 20.8 Å². The monoisotopic (exact) mass is 722 g/mol. The first-order chi connectivity index (χ1) is 22.9. The van der Waals surface area contributed by atoms with Crippen molar-refractivity contribution in [3.63, 3.8) is 0 Å². The third-order valence-electron chi connectivity index (χ3n) is 7.88. The Balaban J connectivity index is 1.66. The number of thioether (sulfide) groups is 1. The van der Waals surface area contributed by atoms with Gasteiger partial charge >= 0.3 is 29.8 Å².